The summed E-state index contributed by atoms with van der Waals surface area (Å²) in [5.74, 6) is 1.75. The van der Waals surface area contributed by atoms with E-state index >= 15 is 0 Å². The largest absolute Gasteiger partial charge is 0.488 e. The molecule has 28 heavy (non-hydrogen) atoms. The summed E-state index contributed by atoms with van der Waals surface area (Å²) in [6.07, 6.45) is 1.09. The predicted octanol–water partition coefficient (Wildman–Crippen LogP) is 3.26. The smallest absolute Gasteiger partial charge is 0.191 e. The fraction of sp³-hybridized carbons (Fsp3) is 0.667. The third kappa shape index (κ3) is 9.93. The fourth-order valence-corrected chi connectivity index (χ4v) is 2.90. The number of nitrogens with zero attached hydrogens (tertiary/aromatic N) is 2. The minimum Gasteiger partial charge on any atom is -0.488 e. The first-order chi connectivity index (χ1) is 13.0. The van der Waals surface area contributed by atoms with Crippen molar-refractivity contribution in [2.75, 3.05) is 45.9 Å². The molecule has 7 heteroatoms. The van der Waals surface area contributed by atoms with Crippen LogP contribution in [0.3, 0.4) is 0 Å². The average Bonchev–Trinajstić information content (AvgIpc) is 2.64. The maximum atomic E-state index is 6.06. The lowest BCUT2D eigenvalue weighted by molar-refractivity contribution is 0.0376. The Bertz CT molecular complexity index is 584. The molecule has 1 aromatic carbocycles. The van der Waals surface area contributed by atoms with Gasteiger partial charge in [0.05, 0.1) is 19.8 Å². The highest BCUT2D eigenvalue weighted by Crippen LogP contribution is 2.23. The molecule has 0 amide bonds. The van der Waals surface area contributed by atoms with Gasteiger partial charge in [-0.15, -0.1) is 24.0 Å². The van der Waals surface area contributed by atoms with Crippen LogP contribution in [0.1, 0.15) is 39.7 Å². The number of hydrogen-bond acceptors (Lipinski definition) is 4. The molecule has 160 valence electrons. The van der Waals surface area contributed by atoms with E-state index in [4.69, 9.17) is 14.5 Å². The molecule has 0 radical (unpaired) electrons. The van der Waals surface area contributed by atoms with Crippen LogP contribution in [0.5, 0.6) is 5.75 Å². The molecule has 0 aliphatic carbocycles. The van der Waals surface area contributed by atoms with Gasteiger partial charge in [-0.2, -0.15) is 0 Å². The van der Waals surface area contributed by atoms with Gasteiger partial charge in [0.1, 0.15) is 11.4 Å². The summed E-state index contributed by atoms with van der Waals surface area (Å²) in [7, 11) is 0. The maximum Gasteiger partial charge on any atom is 0.191 e. The Balaban J connectivity index is 0.00000392. The zero-order valence-corrected chi connectivity index (χ0v) is 20.1. The van der Waals surface area contributed by atoms with Gasteiger partial charge in [-0.3, -0.25) is 4.90 Å². The van der Waals surface area contributed by atoms with Crippen LogP contribution in [0.15, 0.2) is 29.3 Å². The molecule has 1 heterocycles. The number of ether oxygens (including phenoxy) is 2. The number of nitrogens with one attached hydrogen (secondary N) is 2. The van der Waals surface area contributed by atoms with E-state index in [1.54, 1.807) is 0 Å². The molecule has 0 bridgehead atoms. The Kier molecular flexibility index (Phi) is 11.8. The van der Waals surface area contributed by atoms with Gasteiger partial charge in [-0.1, -0.05) is 18.2 Å². The van der Waals surface area contributed by atoms with E-state index in [1.807, 2.05) is 18.2 Å². The van der Waals surface area contributed by atoms with Crippen molar-refractivity contribution < 1.29 is 9.47 Å². The second-order valence-electron chi connectivity index (χ2n) is 7.75. The van der Waals surface area contributed by atoms with Crippen molar-refractivity contribution in [3.8, 4) is 5.75 Å². The van der Waals surface area contributed by atoms with Crippen molar-refractivity contribution >= 4 is 29.9 Å². The molecular weight excluding hydrogens is 467 g/mol. The molecule has 1 saturated heterocycles. The Morgan fingerprint density at radius 1 is 1.18 bits per heavy atom. The lowest BCUT2D eigenvalue weighted by Gasteiger charge is -2.26. The third-order valence-corrected chi connectivity index (χ3v) is 4.19. The highest BCUT2D eigenvalue weighted by atomic mass is 127. The third-order valence-electron chi connectivity index (χ3n) is 4.19. The lowest BCUT2D eigenvalue weighted by atomic mass is 10.1. The van der Waals surface area contributed by atoms with E-state index in [1.165, 1.54) is 0 Å². The number of guanidine groups is 1. The molecule has 2 N–H and O–H groups in total. The van der Waals surface area contributed by atoms with Crippen LogP contribution >= 0.6 is 24.0 Å². The van der Waals surface area contributed by atoms with E-state index in [0.717, 1.165) is 69.6 Å². The number of halogens is 1. The van der Waals surface area contributed by atoms with Crippen molar-refractivity contribution in [2.45, 2.75) is 46.3 Å². The van der Waals surface area contributed by atoms with Crippen molar-refractivity contribution in [3.63, 3.8) is 0 Å². The van der Waals surface area contributed by atoms with Gasteiger partial charge >= 0.3 is 0 Å². The highest BCUT2D eigenvalue weighted by Gasteiger charge is 2.14. The van der Waals surface area contributed by atoms with Crippen LogP contribution in [-0.2, 0) is 11.3 Å². The Morgan fingerprint density at radius 3 is 2.57 bits per heavy atom. The van der Waals surface area contributed by atoms with Gasteiger partial charge in [-0.25, -0.2) is 4.99 Å². The van der Waals surface area contributed by atoms with Crippen LogP contribution in [0.2, 0.25) is 0 Å². The molecule has 0 atom stereocenters. The van der Waals surface area contributed by atoms with Crippen molar-refractivity contribution in [1.82, 2.24) is 15.5 Å². The fourth-order valence-electron chi connectivity index (χ4n) is 2.90. The summed E-state index contributed by atoms with van der Waals surface area (Å²) in [5.41, 5.74) is 0.875. The molecule has 6 nitrogen and oxygen atoms in total. The average molecular weight is 504 g/mol. The molecule has 1 aliphatic heterocycles. The van der Waals surface area contributed by atoms with E-state index in [9.17, 15) is 0 Å². The molecule has 0 spiro atoms. The monoisotopic (exact) mass is 504 g/mol. The van der Waals surface area contributed by atoms with E-state index in [2.05, 4.69) is 49.3 Å². The van der Waals surface area contributed by atoms with Crippen LogP contribution in [-0.4, -0.2) is 62.4 Å². The van der Waals surface area contributed by atoms with Crippen LogP contribution < -0.4 is 15.4 Å². The Hall–Kier alpha value is -1.06. The summed E-state index contributed by atoms with van der Waals surface area (Å²) in [6.45, 7) is 15.5. The van der Waals surface area contributed by atoms with Gasteiger partial charge in [0.15, 0.2) is 5.96 Å². The minimum atomic E-state index is -0.220. The molecule has 1 fully saturated rings. The molecule has 2 rings (SSSR count). The predicted molar refractivity (Wildman–Crippen MR) is 127 cm³/mol. The topological polar surface area (TPSA) is 58.1 Å². The molecule has 1 aromatic rings. The second kappa shape index (κ2) is 13.2. The number of benzene rings is 1. The van der Waals surface area contributed by atoms with Gasteiger partial charge in [0, 0.05) is 31.7 Å². The number of para-hydroxylation sites is 1. The van der Waals surface area contributed by atoms with E-state index in [-0.39, 0.29) is 29.6 Å². The van der Waals surface area contributed by atoms with Crippen LogP contribution in [0, 0.1) is 0 Å². The molecule has 0 unspecified atom stereocenters. The van der Waals surface area contributed by atoms with Gasteiger partial charge in [-0.05, 0) is 46.7 Å². The maximum absolute atomic E-state index is 6.06. The first-order valence-electron chi connectivity index (χ1n) is 10.1. The van der Waals surface area contributed by atoms with Crippen molar-refractivity contribution in [1.29, 1.82) is 0 Å². The Labute approximate surface area is 187 Å². The summed E-state index contributed by atoms with van der Waals surface area (Å²) in [4.78, 5) is 7.19. The molecule has 0 aromatic heterocycles. The number of rotatable bonds is 8. The second-order valence-corrected chi connectivity index (χ2v) is 7.75. The molecule has 0 saturated carbocycles. The van der Waals surface area contributed by atoms with Crippen LogP contribution in [0.25, 0.3) is 0 Å². The zero-order valence-electron chi connectivity index (χ0n) is 17.8. The quantitative estimate of drug-likeness (QED) is 0.247. The number of hydrogen-bond donors (Lipinski definition) is 2. The number of aliphatic imine (C=N–C) groups is 1. The Morgan fingerprint density at radius 2 is 1.89 bits per heavy atom. The number of morpholine rings is 1. The van der Waals surface area contributed by atoms with Gasteiger partial charge in [0.25, 0.3) is 0 Å². The summed E-state index contributed by atoms with van der Waals surface area (Å²) >= 11 is 0. The first-order valence-corrected chi connectivity index (χ1v) is 10.1. The standard InChI is InChI=1S/C21H36N4O2.HI/c1-5-22-20(23-11-8-12-25-13-15-26-16-14-25)24-17-18-9-6-7-10-19(18)27-21(2,3)4;/h6-7,9-10H,5,8,11-17H2,1-4H3,(H2,22,23,24);1H. The van der Waals surface area contributed by atoms with E-state index < -0.39 is 0 Å². The SMILES string of the molecule is CCNC(=NCc1ccccc1OC(C)(C)C)NCCCN1CCOCC1.I. The van der Waals surface area contributed by atoms with E-state index in [0.29, 0.717) is 6.54 Å². The molecular formula is C21H37IN4O2. The summed E-state index contributed by atoms with van der Waals surface area (Å²) in [5, 5.41) is 6.76. The van der Waals surface area contributed by atoms with Crippen LogP contribution in [0.4, 0.5) is 0 Å². The van der Waals surface area contributed by atoms with Gasteiger partial charge < -0.3 is 20.1 Å². The van der Waals surface area contributed by atoms with Gasteiger partial charge in [0.2, 0.25) is 0 Å². The normalized spacial score (nSPS) is 15.6. The first kappa shape index (κ1) is 25.0. The van der Waals surface area contributed by atoms with Crippen molar-refractivity contribution in [2.24, 2.45) is 4.99 Å². The highest BCUT2D eigenvalue weighted by molar-refractivity contribution is 14.0. The minimum absolute atomic E-state index is 0. The molecule has 1 aliphatic rings. The zero-order chi connectivity index (χ0) is 19.5. The lowest BCUT2D eigenvalue weighted by Crippen LogP contribution is -2.40. The summed E-state index contributed by atoms with van der Waals surface area (Å²) in [6, 6.07) is 8.12. The summed E-state index contributed by atoms with van der Waals surface area (Å²) < 4.78 is 11.5. The van der Waals surface area contributed by atoms with Crippen molar-refractivity contribution in [3.05, 3.63) is 29.8 Å².